The number of carbonyl (C=O) groups excluding carboxylic acids is 2. The molecule has 3 aliphatic rings. The Hall–Kier alpha value is -5.59. The molecule has 2 aromatic carbocycles. The minimum atomic E-state index is -3.74. The fraction of sp³-hybridized carbons (Fsp3) is 0.435. The Bertz CT molecular complexity index is 2610. The van der Waals surface area contributed by atoms with E-state index in [1.54, 1.807) is 43.6 Å². The van der Waals surface area contributed by atoms with Crippen LogP contribution in [0.3, 0.4) is 0 Å². The quantitative estimate of drug-likeness (QED) is 0.0988. The number of benzene rings is 2. The fourth-order valence-corrected chi connectivity index (χ4v) is 10.7. The van der Waals surface area contributed by atoms with Crippen LogP contribution in [0.5, 0.6) is 0 Å². The second kappa shape index (κ2) is 18.9. The van der Waals surface area contributed by atoms with Crippen LogP contribution < -0.4 is 25.2 Å². The summed E-state index contributed by atoms with van der Waals surface area (Å²) in [7, 11) is -3.74. The number of pyridine rings is 1. The average Bonchev–Trinajstić information content (AvgIpc) is 3.72. The summed E-state index contributed by atoms with van der Waals surface area (Å²) in [6.45, 7) is 13.7. The summed E-state index contributed by atoms with van der Waals surface area (Å²) in [5.41, 5.74) is 2.27. The molecule has 18 heteroatoms. The lowest BCUT2D eigenvalue weighted by Gasteiger charge is -2.40. The molecule has 3 N–H and O–H groups in total. The highest BCUT2D eigenvalue weighted by molar-refractivity contribution is 7.92. The number of rotatable bonds is 13. The SMILES string of the molecule is CCCS(=O)(=O)Nc1cccc(-c2nc(C(C)(C)C)sc2-c2ccnc(Nc3ccc(N4CCN(CC5CCN(c6ccc([C@H]7CCC(=O)NC7=O)cn6)CC5)CC4)c(F)c3)n2)c1F. The van der Waals surface area contributed by atoms with Gasteiger partial charge in [-0.3, -0.25) is 24.5 Å². The number of anilines is 5. The van der Waals surface area contributed by atoms with Gasteiger partial charge in [0.1, 0.15) is 11.6 Å². The summed E-state index contributed by atoms with van der Waals surface area (Å²) in [6.07, 6.45) is 6.68. The number of aromatic nitrogens is 4. The first-order valence-corrected chi connectivity index (χ1v) is 24.3. The third-order valence-electron chi connectivity index (χ3n) is 11.9. The van der Waals surface area contributed by atoms with E-state index in [1.165, 1.54) is 23.5 Å². The lowest BCUT2D eigenvalue weighted by atomic mass is 9.91. The maximum absolute atomic E-state index is 16.1. The number of thiazole rings is 1. The number of sulfonamides is 1. The second-order valence-electron chi connectivity index (χ2n) is 17.8. The summed E-state index contributed by atoms with van der Waals surface area (Å²) >= 11 is 1.37. The number of hydrogen-bond donors (Lipinski definition) is 3. The number of halogens is 2. The van der Waals surface area contributed by atoms with Gasteiger partial charge < -0.3 is 15.1 Å². The molecule has 64 heavy (non-hydrogen) atoms. The molecule has 0 aliphatic carbocycles. The number of piperidine rings is 2. The van der Waals surface area contributed by atoms with Crippen molar-refractivity contribution in [3.8, 4) is 21.8 Å². The average molecular weight is 913 g/mol. The van der Waals surface area contributed by atoms with Gasteiger partial charge in [-0.15, -0.1) is 11.3 Å². The van der Waals surface area contributed by atoms with Gasteiger partial charge in [0.05, 0.1) is 44.3 Å². The van der Waals surface area contributed by atoms with Gasteiger partial charge in [0, 0.05) is 81.3 Å². The number of nitrogens with zero attached hydrogens (tertiary/aromatic N) is 7. The van der Waals surface area contributed by atoms with Crippen molar-refractivity contribution in [2.45, 2.75) is 71.1 Å². The van der Waals surface area contributed by atoms with Gasteiger partial charge in [-0.2, -0.15) is 0 Å². The van der Waals surface area contributed by atoms with Crippen molar-refractivity contribution >= 4 is 62.0 Å². The number of piperazine rings is 1. The van der Waals surface area contributed by atoms with E-state index >= 15 is 8.78 Å². The third kappa shape index (κ3) is 10.3. The summed E-state index contributed by atoms with van der Waals surface area (Å²) in [5.74, 6) is -0.349. The Balaban J connectivity index is 0.869. The van der Waals surface area contributed by atoms with Gasteiger partial charge in [-0.05, 0) is 79.6 Å². The van der Waals surface area contributed by atoms with Crippen LogP contribution in [0.15, 0.2) is 67.0 Å². The van der Waals surface area contributed by atoms with Crippen LogP contribution in [0, 0.1) is 17.6 Å². The number of nitrogens with one attached hydrogen (secondary N) is 3. The molecule has 0 unspecified atom stereocenters. The van der Waals surface area contributed by atoms with Crippen molar-refractivity contribution in [2.24, 2.45) is 5.92 Å². The zero-order chi connectivity index (χ0) is 45.2. The molecule has 6 heterocycles. The van der Waals surface area contributed by atoms with Crippen LogP contribution in [0.4, 0.5) is 37.6 Å². The lowest BCUT2D eigenvalue weighted by Crippen LogP contribution is -2.49. The third-order valence-corrected chi connectivity index (χ3v) is 14.9. The highest BCUT2D eigenvalue weighted by Gasteiger charge is 2.30. The van der Waals surface area contributed by atoms with E-state index in [0.29, 0.717) is 65.9 Å². The number of carbonyl (C=O) groups is 2. The Morgan fingerprint density at radius 2 is 1.69 bits per heavy atom. The molecule has 3 fully saturated rings. The molecule has 338 valence electrons. The molecule has 3 saturated heterocycles. The van der Waals surface area contributed by atoms with Gasteiger partial charge in [0.2, 0.25) is 27.8 Å². The van der Waals surface area contributed by atoms with Crippen LogP contribution >= 0.6 is 11.3 Å². The van der Waals surface area contributed by atoms with Crippen molar-refractivity contribution < 1.29 is 26.8 Å². The maximum atomic E-state index is 16.1. The number of amides is 2. The van der Waals surface area contributed by atoms with Crippen LogP contribution in [-0.2, 0) is 25.0 Å². The lowest BCUT2D eigenvalue weighted by molar-refractivity contribution is -0.134. The van der Waals surface area contributed by atoms with Crippen LogP contribution in [0.1, 0.15) is 76.3 Å². The van der Waals surface area contributed by atoms with Gasteiger partial charge in [-0.25, -0.2) is 37.1 Å². The minimum absolute atomic E-state index is 0.134. The first-order valence-electron chi connectivity index (χ1n) is 21.9. The Labute approximate surface area is 377 Å². The topological polar surface area (TPSA) is 166 Å². The van der Waals surface area contributed by atoms with E-state index in [4.69, 9.17) is 9.97 Å². The van der Waals surface area contributed by atoms with Crippen molar-refractivity contribution in [1.82, 2.24) is 30.2 Å². The van der Waals surface area contributed by atoms with E-state index < -0.39 is 15.8 Å². The maximum Gasteiger partial charge on any atom is 0.234 e. The standard InChI is InChI=1S/C46H54F2N10O4S2/c1-5-25-64(61,62)55-35-8-6-7-33(40(35)48)41-42(63-44(54-41)46(2,3)4)36-15-18-49-45(52-36)51-31-10-12-37(34(47)26-31)57-23-21-56(22-24-57)28-29-16-19-58(20-17-29)38-13-9-30(27-50-38)32-11-14-39(59)53-43(32)60/h6-10,12-13,15,18,26-27,29,32,55H,5,11,14,16-17,19-25,28H2,1-4H3,(H,49,51,52)(H,53,59,60)/t32-/m1/s1. The summed E-state index contributed by atoms with van der Waals surface area (Å²) in [4.78, 5) is 49.9. The Morgan fingerprint density at radius 1 is 0.906 bits per heavy atom. The zero-order valence-electron chi connectivity index (χ0n) is 36.5. The molecule has 0 spiro atoms. The van der Waals surface area contributed by atoms with Gasteiger partial charge in [-0.1, -0.05) is 39.8 Å². The predicted molar refractivity (Wildman–Crippen MR) is 248 cm³/mol. The molecule has 0 saturated carbocycles. The second-order valence-corrected chi connectivity index (χ2v) is 20.6. The highest BCUT2D eigenvalue weighted by atomic mass is 32.2. The molecular weight excluding hydrogens is 859 g/mol. The largest absolute Gasteiger partial charge is 0.367 e. The van der Waals surface area contributed by atoms with Crippen LogP contribution in [0.2, 0.25) is 0 Å². The molecule has 1 atom stereocenters. The highest BCUT2D eigenvalue weighted by Crippen LogP contribution is 2.42. The molecule has 8 rings (SSSR count). The molecule has 0 radical (unpaired) electrons. The molecule has 14 nitrogen and oxygen atoms in total. The molecule has 5 aromatic rings. The monoisotopic (exact) mass is 912 g/mol. The normalized spacial score (nSPS) is 18.0. The van der Waals surface area contributed by atoms with E-state index in [0.717, 1.165) is 62.0 Å². The number of imide groups is 1. The molecule has 0 bridgehead atoms. The predicted octanol–water partition coefficient (Wildman–Crippen LogP) is 7.69. The molecule has 3 aromatic heterocycles. The first kappa shape index (κ1) is 45.0. The summed E-state index contributed by atoms with van der Waals surface area (Å²) in [6, 6.07) is 15.2. The van der Waals surface area contributed by atoms with Crippen molar-refractivity contribution in [3.63, 3.8) is 0 Å². The van der Waals surface area contributed by atoms with E-state index in [2.05, 4.69) is 40.0 Å². The fourth-order valence-electron chi connectivity index (χ4n) is 8.48. The van der Waals surface area contributed by atoms with Gasteiger partial charge in [0.15, 0.2) is 5.82 Å². The van der Waals surface area contributed by atoms with Crippen molar-refractivity contribution in [2.75, 3.05) is 71.4 Å². The van der Waals surface area contributed by atoms with E-state index in [-0.39, 0.29) is 51.9 Å². The van der Waals surface area contributed by atoms with Crippen LogP contribution in [0.25, 0.3) is 21.8 Å². The number of hydrogen-bond acceptors (Lipinski definition) is 13. The Morgan fingerprint density at radius 3 is 2.38 bits per heavy atom. The smallest absolute Gasteiger partial charge is 0.234 e. The van der Waals surface area contributed by atoms with Gasteiger partial charge in [0.25, 0.3) is 0 Å². The van der Waals surface area contributed by atoms with Crippen molar-refractivity contribution in [1.29, 1.82) is 0 Å². The minimum Gasteiger partial charge on any atom is -0.367 e. The first-order chi connectivity index (χ1) is 30.6. The summed E-state index contributed by atoms with van der Waals surface area (Å²) < 4.78 is 59.3. The molecular formula is C46H54F2N10O4S2. The van der Waals surface area contributed by atoms with E-state index in [1.807, 2.05) is 39.0 Å². The molecule has 2 amide bonds. The van der Waals surface area contributed by atoms with Crippen LogP contribution in [-0.4, -0.2) is 96.6 Å². The van der Waals surface area contributed by atoms with Crippen molar-refractivity contribution in [3.05, 3.63) is 89.2 Å². The zero-order valence-corrected chi connectivity index (χ0v) is 38.2. The molecule has 3 aliphatic heterocycles. The van der Waals surface area contributed by atoms with E-state index in [9.17, 15) is 18.0 Å². The summed E-state index contributed by atoms with van der Waals surface area (Å²) in [5, 5.41) is 6.30. The van der Waals surface area contributed by atoms with Gasteiger partial charge >= 0.3 is 0 Å². The Kier molecular flexibility index (Phi) is 13.3.